The molecule has 0 aliphatic heterocycles. The second-order valence-corrected chi connectivity index (χ2v) is 22.9. The van der Waals surface area contributed by atoms with Crippen LogP contribution in [-0.2, 0) is 0 Å². The summed E-state index contributed by atoms with van der Waals surface area (Å²) in [5, 5.41) is 2.24. The number of para-hydroxylation sites is 4. The van der Waals surface area contributed by atoms with Crippen LogP contribution in [0, 0.1) is 47.8 Å². The normalized spacial score (nSPS) is 28.3. The lowest BCUT2D eigenvalue weighted by Gasteiger charge is -2.67. The zero-order valence-corrected chi connectivity index (χ0v) is 41.2. The molecule has 0 amide bonds. The summed E-state index contributed by atoms with van der Waals surface area (Å²) in [5.74, 6) is 7.92. The number of hydrogen-bond acceptors (Lipinski definition) is 3. The van der Waals surface area contributed by atoms with Crippen molar-refractivity contribution in [2.45, 2.75) is 82.2 Å². The third-order valence-electron chi connectivity index (χ3n) is 18.5. The van der Waals surface area contributed by atoms with E-state index in [4.69, 9.17) is 23.4 Å². The lowest BCUT2D eigenvalue weighted by Crippen LogP contribution is -2.67. The minimum absolute atomic E-state index is 0.116. The monoisotopic (exact) mass is 974 g/mol. The highest BCUT2D eigenvalue weighted by Crippen LogP contribution is 2.63. The van der Waals surface area contributed by atoms with Crippen LogP contribution in [0.15, 0.2) is 188 Å². The van der Waals surface area contributed by atoms with Crippen molar-refractivity contribution in [3.63, 3.8) is 0 Å². The van der Waals surface area contributed by atoms with E-state index < -0.39 is 60.4 Å². The fourth-order valence-electron chi connectivity index (χ4n) is 16.6. The van der Waals surface area contributed by atoms with Gasteiger partial charge in [-0.2, -0.15) is 0 Å². The van der Waals surface area contributed by atoms with Crippen LogP contribution in [0.5, 0.6) is 11.5 Å². The number of imidazole rings is 1. The van der Waals surface area contributed by atoms with Gasteiger partial charge in [-0.15, -0.1) is 0 Å². The van der Waals surface area contributed by atoms with Crippen LogP contribution >= 0.6 is 0 Å². The standard InChI is InChI=1S/C68H61N5O/c1-3-13-49(14-4-1)57-20-12-21-58(50-15-5-2-6-16-50)67(57)71-43-70(62-23-9-10-24-63(62)71)53-17-11-18-55(37-53)74-56-25-26-60-59-19-7-8-22-61(59)72(64(60)39-56)65-38-54(27-28-69-65)73(66-51-33-44-29-45(35-51)36-52(66)34-44)68-40-46-30-47(41-68)32-48(31-46)42-68/h1-28,37-39,44-48,51-52,66H,29-36,40-42H2/i1D,2D,3D,4D,5D,6D,13D,14D,15D,16D. The number of hydrogen-bond donors (Lipinski definition) is 0. The second-order valence-electron chi connectivity index (χ2n) is 22.9. The van der Waals surface area contributed by atoms with Crippen molar-refractivity contribution in [2.24, 2.45) is 41.4 Å². The van der Waals surface area contributed by atoms with E-state index in [9.17, 15) is 0 Å². The molecule has 8 aliphatic rings. The summed E-state index contributed by atoms with van der Waals surface area (Å²) in [6, 6.07) is 35.1. The average molecular weight is 974 g/mol. The van der Waals surface area contributed by atoms with Crippen LogP contribution in [0.1, 0.15) is 84.3 Å². The van der Waals surface area contributed by atoms with E-state index in [2.05, 4.69) is 70.5 Å². The molecule has 8 fully saturated rings. The number of nitrogens with zero attached hydrogens (tertiary/aromatic N) is 5. The Labute approximate surface area is 447 Å². The summed E-state index contributed by atoms with van der Waals surface area (Å²) < 4.78 is 101. The highest BCUT2D eigenvalue weighted by molar-refractivity contribution is 6.09. The van der Waals surface area contributed by atoms with Gasteiger partial charge in [-0.1, -0.05) is 127 Å². The van der Waals surface area contributed by atoms with E-state index in [1.807, 2.05) is 59.2 Å². The molecule has 3 heterocycles. The SMILES string of the molecule is [2H]c1c([2H])c([2H])c(-c2cccc(-c3c([2H])c([2H])c([2H])c([2H])c3[2H])c2-[n+]2[c-]n(-c3cccc(Oc4ccc5c6ccccc6n(-c6cc(N(C7C8CC9CC(C8)CC7C9)C78CC9CC(CC(C9)C7)C8)ccn6)c5c4)c3)c3ccccc32)c([2H])c1[2H]. The van der Waals surface area contributed by atoms with Gasteiger partial charge in [0.2, 0.25) is 0 Å². The summed E-state index contributed by atoms with van der Waals surface area (Å²) in [6.07, 6.45) is 20.8. The molecule has 7 aromatic carbocycles. The molecule has 6 heteroatoms. The van der Waals surface area contributed by atoms with Gasteiger partial charge in [0.25, 0.3) is 6.33 Å². The molecular formula is C68H61N5O. The number of anilines is 1. The smallest absolute Gasteiger partial charge is 0.269 e. The minimum Gasteiger partial charge on any atom is -0.458 e. The van der Waals surface area contributed by atoms with Crippen molar-refractivity contribution in [1.29, 1.82) is 0 Å². The van der Waals surface area contributed by atoms with Gasteiger partial charge in [0, 0.05) is 46.4 Å². The Bertz CT molecular complexity index is 4210. The molecule has 6 nitrogen and oxygen atoms in total. The van der Waals surface area contributed by atoms with Gasteiger partial charge in [0.05, 0.1) is 47.1 Å². The quantitative estimate of drug-likeness (QED) is 0.101. The molecule has 74 heavy (non-hydrogen) atoms. The van der Waals surface area contributed by atoms with E-state index >= 15 is 0 Å². The number of aromatic nitrogens is 4. The first kappa shape index (κ1) is 34.1. The van der Waals surface area contributed by atoms with Crippen LogP contribution in [0.25, 0.3) is 72.3 Å². The van der Waals surface area contributed by atoms with E-state index in [0.717, 1.165) is 69.0 Å². The van der Waals surface area contributed by atoms with Crippen molar-refractivity contribution >= 4 is 38.5 Å². The average Bonchev–Trinajstić information content (AvgIpc) is 1.27. The van der Waals surface area contributed by atoms with E-state index in [0.29, 0.717) is 34.3 Å². The Kier molecular flexibility index (Phi) is 7.74. The van der Waals surface area contributed by atoms with Gasteiger partial charge < -0.3 is 9.64 Å². The molecule has 8 aliphatic carbocycles. The first-order valence-electron chi connectivity index (χ1n) is 32.0. The van der Waals surface area contributed by atoms with Crippen LogP contribution in [-0.4, -0.2) is 25.7 Å². The highest BCUT2D eigenvalue weighted by Gasteiger charge is 2.59. The van der Waals surface area contributed by atoms with Gasteiger partial charge >= 0.3 is 0 Å². The summed E-state index contributed by atoms with van der Waals surface area (Å²) >= 11 is 0. The number of benzene rings is 7. The van der Waals surface area contributed by atoms with Gasteiger partial charge in [-0.3, -0.25) is 13.7 Å². The fraction of sp³-hybridized carbons (Fsp3) is 0.294. The molecule has 0 N–H and O–H groups in total. The van der Waals surface area contributed by atoms with Gasteiger partial charge in [0.15, 0.2) is 0 Å². The first-order chi connectivity index (χ1) is 40.7. The number of fused-ring (bicyclic) bond motifs is 4. The molecule has 10 aromatic rings. The molecule has 3 aromatic heterocycles. The van der Waals surface area contributed by atoms with Crippen molar-refractivity contribution < 1.29 is 23.0 Å². The van der Waals surface area contributed by atoms with Crippen LogP contribution in [0.3, 0.4) is 0 Å². The zero-order valence-electron chi connectivity index (χ0n) is 51.2. The third-order valence-corrected chi connectivity index (χ3v) is 18.5. The largest absolute Gasteiger partial charge is 0.458 e. The van der Waals surface area contributed by atoms with Gasteiger partial charge in [-0.25, -0.2) is 4.98 Å². The topological polar surface area (TPSA) is 39.1 Å². The van der Waals surface area contributed by atoms with Crippen LogP contribution in [0.2, 0.25) is 0 Å². The maximum Gasteiger partial charge on any atom is 0.269 e. The molecule has 8 bridgehead atoms. The Morgan fingerprint density at radius 1 is 0.568 bits per heavy atom. The highest BCUT2D eigenvalue weighted by atomic mass is 16.5. The lowest BCUT2D eigenvalue weighted by atomic mass is 9.50. The Balaban J connectivity index is 0.804. The van der Waals surface area contributed by atoms with Crippen molar-refractivity contribution in [2.75, 3.05) is 4.90 Å². The molecule has 0 atom stereocenters. The Morgan fingerprint density at radius 3 is 1.88 bits per heavy atom. The Hall–Kier alpha value is -7.44. The van der Waals surface area contributed by atoms with Gasteiger partial charge in [0.1, 0.15) is 17.3 Å². The summed E-state index contributed by atoms with van der Waals surface area (Å²) in [7, 11) is 0. The van der Waals surface area contributed by atoms with E-state index in [-0.39, 0.29) is 33.5 Å². The molecule has 0 radical (unpaired) electrons. The molecular weight excluding hydrogens is 903 g/mol. The predicted molar refractivity (Wildman–Crippen MR) is 297 cm³/mol. The fourth-order valence-corrected chi connectivity index (χ4v) is 16.6. The minimum atomic E-state index is -0.556. The number of rotatable bonds is 10. The maximum atomic E-state index is 9.11. The number of ether oxygens (including phenoxy) is 1. The molecule has 0 saturated heterocycles. The summed E-state index contributed by atoms with van der Waals surface area (Å²) in [6.45, 7) is 0. The van der Waals surface area contributed by atoms with E-state index in [1.165, 1.54) is 76.3 Å². The molecule has 0 unspecified atom stereocenters. The van der Waals surface area contributed by atoms with Crippen LogP contribution in [0.4, 0.5) is 5.69 Å². The van der Waals surface area contributed by atoms with Crippen LogP contribution < -0.4 is 14.2 Å². The second kappa shape index (κ2) is 16.8. The zero-order chi connectivity index (χ0) is 57.2. The van der Waals surface area contributed by atoms with E-state index in [1.54, 1.807) is 22.8 Å². The summed E-state index contributed by atoms with van der Waals surface area (Å²) in [4.78, 5) is 8.32. The lowest BCUT2D eigenvalue weighted by molar-refractivity contribution is -0.571. The van der Waals surface area contributed by atoms with Crippen molar-refractivity contribution in [3.8, 4) is 50.9 Å². The maximum absolute atomic E-state index is 9.11. The Morgan fingerprint density at radius 2 is 1.18 bits per heavy atom. The van der Waals surface area contributed by atoms with Crippen molar-refractivity contribution in [1.82, 2.24) is 14.1 Å². The summed E-state index contributed by atoms with van der Waals surface area (Å²) in [5.41, 5.74) is 5.84. The predicted octanol–water partition coefficient (Wildman–Crippen LogP) is 15.9. The number of pyridine rings is 1. The van der Waals surface area contributed by atoms with Crippen molar-refractivity contribution in [3.05, 3.63) is 194 Å². The first-order valence-corrected chi connectivity index (χ1v) is 27.0. The molecule has 18 rings (SSSR count). The molecule has 0 spiro atoms. The third kappa shape index (κ3) is 6.89. The molecule has 8 saturated carbocycles. The van der Waals surface area contributed by atoms with Gasteiger partial charge in [-0.05, 0) is 177 Å². The molecule has 364 valence electrons.